The molecule has 30 heavy (non-hydrogen) atoms. The predicted molar refractivity (Wildman–Crippen MR) is 118 cm³/mol. The van der Waals surface area contributed by atoms with Gasteiger partial charge in [-0.05, 0) is 30.9 Å². The Morgan fingerprint density at radius 3 is 2.40 bits per heavy atom. The van der Waals surface area contributed by atoms with Gasteiger partial charge < -0.3 is 20.7 Å². The molecule has 0 radical (unpaired) electrons. The molecule has 10 heteroatoms. The van der Waals surface area contributed by atoms with E-state index in [1.54, 1.807) is 12.1 Å². The Morgan fingerprint density at radius 1 is 1.13 bits per heavy atom. The summed E-state index contributed by atoms with van der Waals surface area (Å²) in [6.07, 6.45) is 1.68. The molecule has 1 atom stereocenters. The Morgan fingerprint density at radius 2 is 1.77 bits per heavy atom. The fourth-order valence-corrected chi connectivity index (χ4v) is 3.75. The predicted octanol–water partition coefficient (Wildman–Crippen LogP) is 1.30. The van der Waals surface area contributed by atoms with Crippen molar-refractivity contribution in [3.8, 4) is 0 Å². The standard InChI is InChI=1S/C20H29FN4O3.2ClH/c21-17-4-2-1-3-16(17)19(26)23-7-8-24-9-11-25(12-10-24)20(27)18(22)15-5-13-28-14-6-15;;/h1-4,15,18H,5-14,22H2,(H,23,26);2*1H. The zero-order chi connectivity index (χ0) is 19.9. The number of rotatable bonds is 6. The number of nitrogens with one attached hydrogen (secondary N) is 1. The smallest absolute Gasteiger partial charge is 0.254 e. The third-order valence-electron chi connectivity index (χ3n) is 5.58. The molecule has 2 saturated heterocycles. The minimum absolute atomic E-state index is 0. The van der Waals surface area contributed by atoms with E-state index in [4.69, 9.17) is 10.5 Å². The molecule has 7 nitrogen and oxygen atoms in total. The summed E-state index contributed by atoms with van der Waals surface area (Å²) >= 11 is 0. The lowest BCUT2D eigenvalue weighted by Gasteiger charge is -2.37. The minimum atomic E-state index is -0.520. The Balaban J connectivity index is 0.00000225. The van der Waals surface area contributed by atoms with E-state index >= 15 is 0 Å². The van der Waals surface area contributed by atoms with Crippen molar-refractivity contribution in [2.24, 2.45) is 11.7 Å². The second-order valence-electron chi connectivity index (χ2n) is 7.38. The number of nitrogens with zero attached hydrogens (tertiary/aromatic N) is 2. The molecular weight excluding hydrogens is 434 g/mol. The van der Waals surface area contributed by atoms with Gasteiger partial charge >= 0.3 is 0 Å². The van der Waals surface area contributed by atoms with E-state index in [1.807, 2.05) is 4.90 Å². The molecule has 0 saturated carbocycles. The molecular formula is C20H31Cl2FN4O3. The van der Waals surface area contributed by atoms with E-state index in [9.17, 15) is 14.0 Å². The van der Waals surface area contributed by atoms with Crippen LogP contribution in [0, 0.1) is 11.7 Å². The number of benzene rings is 1. The van der Waals surface area contributed by atoms with Crippen molar-refractivity contribution in [1.29, 1.82) is 0 Å². The van der Waals surface area contributed by atoms with Crippen molar-refractivity contribution < 1.29 is 18.7 Å². The molecule has 0 spiro atoms. The van der Waals surface area contributed by atoms with E-state index in [-0.39, 0.29) is 42.2 Å². The first kappa shape index (κ1) is 26.6. The molecule has 170 valence electrons. The van der Waals surface area contributed by atoms with Crippen molar-refractivity contribution in [1.82, 2.24) is 15.1 Å². The zero-order valence-electron chi connectivity index (χ0n) is 16.9. The molecule has 2 aliphatic heterocycles. The number of carbonyl (C=O) groups is 2. The van der Waals surface area contributed by atoms with Gasteiger partial charge in [0.15, 0.2) is 0 Å². The Kier molecular flexibility index (Phi) is 11.6. The summed E-state index contributed by atoms with van der Waals surface area (Å²) in [5.74, 6) is -0.699. The van der Waals surface area contributed by atoms with Crippen LogP contribution < -0.4 is 11.1 Å². The quantitative estimate of drug-likeness (QED) is 0.662. The highest BCUT2D eigenvalue weighted by atomic mass is 35.5. The average molecular weight is 465 g/mol. The van der Waals surface area contributed by atoms with Gasteiger partial charge in [0.25, 0.3) is 5.91 Å². The maximum absolute atomic E-state index is 13.6. The first-order valence-electron chi connectivity index (χ1n) is 9.93. The van der Waals surface area contributed by atoms with Gasteiger partial charge in [0.2, 0.25) is 5.91 Å². The molecule has 0 aromatic heterocycles. The van der Waals surface area contributed by atoms with Gasteiger partial charge in [-0.2, -0.15) is 0 Å². The first-order chi connectivity index (χ1) is 13.6. The normalized spacial score (nSPS) is 18.7. The molecule has 1 aromatic rings. The van der Waals surface area contributed by atoms with Gasteiger partial charge in [0.1, 0.15) is 5.82 Å². The third kappa shape index (κ3) is 7.06. The average Bonchev–Trinajstić information content (AvgIpc) is 2.74. The number of ether oxygens (including phenoxy) is 1. The second-order valence-corrected chi connectivity index (χ2v) is 7.38. The van der Waals surface area contributed by atoms with E-state index < -0.39 is 17.8 Å². The first-order valence-corrected chi connectivity index (χ1v) is 9.93. The van der Waals surface area contributed by atoms with Crippen molar-refractivity contribution in [3.63, 3.8) is 0 Å². The SMILES string of the molecule is Cl.Cl.NC(C(=O)N1CCN(CCNC(=O)c2ccccc2F)CC1)C1CCOCC1. The highest BCUT2D eigenvalue weighted by molar-refractivity contribution is 5.94. The van der Waals surface area contributed by atoms with E-state index in [0.29, 0.717) is 39.4 Å². The van der Waals surface area contributed by atoms with Gasteiger partial charge in [-0.15, -0.1) is 24.8 Å². The molecule has 2 amide bonds. The molecule has 2 heterocycles. The molecule has 1 unspecified atom stereocenters. The Bertz CT molecular complexity index is 684. The van der Waals surface area contributed by atoms with Crippen LogP contribution in [0.1, 0.15) is 23.2 Å². The van der Waals surface area contributed by atoms with Crippen molar-refractivity contribution >= 4 is 36.6 Å². The van der Waals surface area contributed by atoms with E-state index in [2.05, 4.69) is 10.2 Å². The van der Waals surface area contributed by atoms with Crippen LogP contribution in [0.5, 0.6) is 0 Å². The van der Waals surface area contributed by atoms with Crippen LogP contribution in [0.2, 0.25) is 0 Å². The summed E-state index contributed by atoms with van der Waals surface area (Å²) < 4.78 is 19.0. The maximum atomic E-state index is 13.6. The number of hydrogen-bond acceptors (Lipinski definition) is 5. The van der Waals surface area contributed by atoms with Crippen molar-refractivity contribution in [2.75, 3.05) is 52.5 Å². The monoisotopic (exact) mass is 464 g/mol. The van der Waals surface area contributed by atoms with Gasteiger partial charge in [-0.1, -0.05) is 12.1 Å². The summed E-state index contributed by atoms with van der Waals surface area (Å²) in [6, 6.07) is 5.49. The minimum Gasteiger partial charge on any atom is -0.381 e. The summed E-state index contributed by atoms with van der Waals surface area (Å²) in [7, 11) is 0. The number of piperazine rings is 1. The van der Waals surface area contributed by atoms with Crippen LogP contribution in [-0.4, -0.2) is 80.1 Å². The molecule has 1 aromatic carbocycles. The lowest BCUT2D eigenvalue weighted by atomic mass is 9.91. The molecule has 0 aliphatic carbocycles. The van der Waals surface area contributed by atoms with E-state index in [0.717, 1.165) is 25.9 Å². The number of amides is 2. The van der Waals surface area contributed by atoms with Gasteiger partial charge in [-0.3, -0.25) is 14.5 Å². The largest absolute Gasteiger partial charge is 0.381 e. The highest BCUT2D eigenvalue weighted by Crippen LogP contribution is 2.19. The number of nitrogens with two attached hydrogens (primary N) is 1. The summed E-state index contributed by atoms with van der Waals surface area (Å²) in [5, 5.41) is 2.75. The van der Waals surface area contributed by atoms with Crippen LogP contribution in [0.15, 0.2) is 24.3 Å². The van der Waals surface area contributed by atoms with Crippen LogP contribution in [0.3, 0.4) is 0 Å². The van der Waals surface area contributed by atoms with Gasteiger partial charge in [-0.25, -0.2) is 4.39 Å². The van der Waals surface area contributed by atoms with Crippen molar-refractivity contribution in [2.45, 2.75) is 18.9 Å². The second kappa shape index (κ2) is 13.1. The van der Waals surface area contributed by atoms with Crippen LogP contribution in [-0.2, 0) is 9.53 Å². The molecule has 0 bridgehead atoms. The summed E-state index contributed by atoms with van der Waals surface area (Å²) in [4.78, 5) is 28.7. The summed E-state index contributed by atoms with van der Waals surface area (Å²) in [6.45, 7) is 5.20. The molecule has 3 N–H and O–H groups in total. The van der Waals surface area contributed by atoms with E-state index in [1.165, 1.54) is 12.1 Å². The van der Waals surface area contributed by atoms with Gasteiger partial charge in [0, 0.05) is 52.5 Å². The fourth-order valence-electron chi connectivity index (χ4n) is 3.75. The number of carbonyl (C=O) groups excluding carboxylic acids is 2. The lowest BCUT2D eigenvalue weighted by molar-refractivity contribution is -0.136. The fraction of sp³-hybridized carbons (Fsp3) is 0.600. The topological polar surface area (TPSA) is 87.9 Å². The number of hydrogen-bond donors (Lipinski definition) is 2. The summed E-state index contributed by atoms with van der Waals surface area (Å²) in [5.41, 5.74) is 6.26. The molecule has 2 aliphatic rings. The van der Waals surface area contributed by atoms with Crippen LogP contribution >= 0.6 is 24.8 Å². The lowest BCUT2D eigenvalue weighted by Crippen LogP contribution is -2.55. The molecule has 2 fully saturated rings. The Hall–Kier alpha value is -1.45. The van der Waals surface area contributed by atoms with Crippen LogP contribution in [0.4, 0.5) is 4.39 Å². The van der Waals surface area contributed by atoms with Gasteiger partial charge in [0.05, 0.1) is 11.6 Å². The Labute approximate surface area is 189 Å². The van der Waals surface area contributed by atoms with Crippen molar-refractivity contribution in [3.05, 3.63) is 35.6 Å². The zero-order valence-corrected chi connectivity index (χ0v) is 18.6. The number of halogens is 3. The van der Waals surface area contributed by atoms with Crippen LogP contribution in [0.25, 0.3) is 0 Å². The highest BCUT2D eigenvalue weighted by Gasteiger charge is 2.31. The maximum Gasteiger partial charge on any atom is 0.254 e. The molecule has 3 rings (SSSR count). The third-order valence-corrected chi connectivity index (χ3v) is 5.58.